The van der Waals surface area contributed by atoms with Crippen molar-refractivity contribution < 1.29 is 31.5 Å². The van der Waals surface area contributed by atoms with Gasteiger partial charge in [-0.3, -0.25) is 19.2 Å². The van der Waals surface area contributed by atoms with Crippen molar-refractivity contribution in [3.8, 4) is 0 Å². The van der Waals surface area contributed by atoms with Crippen LogP contribution in [0.1, 0.15) is 34.6 Å². The van der Waals surface area contributed by atoms with Crippen LogP contribution in [-0.4, -0.2) is 77.0 Å². The van der Waals surface area contributed by atoms with Gasteiger partial charge >= 0.3 is 6.18 Å². The van der Waals surface area contributed by atoms with E-state index in [9.17, 15) is 26.7 Å². The standard InChI is InChI=1S/C23H23F5N6O2/c1-29-20(19-9-31-21-16(25)6-13(24)10-34(19)21)15-8-30-18(7-17(15)32-12-23(26,27)28)22(35)33-5-3-4-14(33)11-36-2/h6-10,14H,3-5,11-12H2,1-2H3,(H,30,32). The van der Waals surface area contributed by atoms with Crippen molar-refractivity contribution in [2.24, 2.45) is 4.99 Å². The van der Waals surface area contributed by atoms with Crippen molar-refractivity contribution >= 4 is 23.0 Å². The summed E-state index contributed by atoms with van der Waals surface area (Å²) in [6.07, 6.45) is 0.388. The molecule has 36 heavy (non-hydrogen) atoms. The lowest BCUT2D eigenvalue weighted by Gasteiger charge is -2.24. The first kappa shape index (κ1) is 25.5. The van der Waals surface area contributed by atoms with Gasteiger partial charge in [-0.1, -0.05) is 0 Å². The molecule has 0 saturated carbocycles. The molecule has 1 atom stereocenters. The van der Waals surface area contributed by atoms with E-state index < -0.39 is 30.3 Å². The van der Waals surface area contributed by atoms with Gasteiger partial charge in [0.1, 0.15) is 18.1 Å². The number of carbonyl (C=O) groups is 1. The SMILES string of the molecule is CN=C(c1cnc(C(=O)N2CCCC2COC)cc1NCC(F)(F)F)c1cnc2c(F)cc(F)cn12. The maximum Gasteiger partial charge on any atom is 0.405 e. The summed E-state index contributed by atoms with van der Waals surface area (Å²) >= 11 is 0. The first-order valence-corrected chi connectivity index (χ1v) is 11.0. The molecule has 1 N–H and O–H groups in total. The number of amides is 1. The molecule has 3 aromatic rings. The summed E-state index contributed by atoms with van der Waals surface area (Å²) in [4.78, 5) is 27.0. The summed E-state index contributed by atoms with van der Waals surface area (Å²) in [6.45, 7) is -0.583. The fraction of sp³-hybridized carbons (Fsp3) is 0.391. The molecule has 0 bridgehead atoms. The van der Waals surface area contributed by atoms with Crippen LogP contribution in [0.25, 0.3) is 5.65 Å². The van der Waals surface area contributed by atoms with E-state index in [1.54, 1.807) is 4.90 Å². The second-order valence-electron chi connectivity index (χ2n) is 8.25. The van der Waals surface area contributed by atoms with Crippen molar-refractivity contribution in [3.05, 3.63) is 59.3 Å². The molecule has 0 spiro atoms. The van der Waals surface area contributed by atoms with Gasteiger partial charge < -0.3 is 15.0 Å². The van der Waals surface area contributed by atoms with Gasteiger partial charge in [-0.25, -0.2) is 13.8 Å². The Bertz CT molecular complexity index is 1310. The molecule has 8 nitrogen and oxygen atoms in total. The Morgan fingerprint density at radius 3 is 2.72 bits per heavy atom. The number of methoxy groups -OCH3 is 1. The molecule has 1 amide bonds. The molecule has 3 aromatic heterocycles. The zero-order valence-electron chi connectivity index (χ0n) is 19.4. The van der Waals surface area contributed by atoms with Crippen LogP contribution in [0.3, 0.4) is 0 Å². The number of halogens is 5. The van der Waals surface area contributed by atoms with Gasteiger partial charge in [0, 0.05) is 50.4 Å². The topological polar surface area (TPSA) is 84.1 Å². The molecule has 0 aromatic carbocycles. The largest absolute Gasteiger partial charge is 0.405 e. The van der Waals surface area contributed by atoms with E-state index in [1.165, 1.54) is 32.6 Å². The number of anilines is 1. The second kappa shape index (κ2) is 10.2. The number of hydrogen-bond donors (Lipinski definition) is 1. The Morgan fingerprint density at radius 2 is 2.03 bits per heavy atom. The molecule has 1 unspecified atom stereocenters. The third-order valence-electron chi connectivity index (χ3n) is 5.85. The highest BCUT2D eigenvalue weighted by Gasteiger charge is 2.32. The summed E-state index contributed by atoms with van der Waals surface area (Å²) < 4.78 is 73.6. The molecule has 1 saturated heterocycles. The van der Waals surface area contributed by atoms with Crippen LogP contribution in [0.5, 0.6) is 0 Å². The lowest BCUT2D eigenvalue weighted by atomic mass is 10.1. The minimum atomic E-state index is -4.55. The average molecular weight is 510 g/mol. The highest BCUT2D eigenvalue weighted by Crippen LogP contribution is 2.26. The Labute approximate surface area is 202 Å². The lowest BCUT2D eigenvalue weighted by Crippen LogP contribution is -2.38. The lowest BCUT2D eigenvalue weighted by molar-refractivity contribution is -0.115. The van der Waals surface area contributed by atoms with Gasteiger partial charge in [-0.05, 0) is 18.9 Å². The van der Waals surface area contributed by atoms with Crippen molar-refractivity contribution in [1.29, 1.82) is 0 Å². The van der Waals surface area contributed by atoms with Gasteiger partial charge in [-0.15, -0.1) is 0 Å². The number of aromatic nitrogens is 3. The molecule has 13 heteroatoms. The summed E-state index contributed by atoms with van der Waals surface area (Å²) in [7, 11) is 2.90. The van der Waals surface area contributed by atoms with Crippen molar-refractivity contribution in [3.63, 3.8) is 0 Å². The minimum absolute atomic E-state index is 0.0582. The second-order valence-corrected chi connectivity index (χ2v) is 8.25. The Hall–Kier alpha value is -3.61. The number of imidazole rings is 1. The first-order chi connectivity index (χ1) is 17.1. The maximum absolute atomic E-state index is 14.2. The molecule has 4 rings (SSSR count). The number of likely N-dealkylation sites (tertiary alicyclic amines) is 1. The average Bonchev–Trinajstić information content (AvgIpc) is 3.46. The quantitative estimate of drug-likeness (QED) is 0.387. The molecule has 1 fully saturated rings. The smallest absolute Gasteiger partial charge is 0.383 e. The summed E-state index contributed by atoms with van der Waals surface area (Å²) in [5, 5.41) is 2.30. The molecular weight excluding hydrogens is 487 g/mol. The van der Waals surface area contributed by atoms with E-state index in [1.807, 2.05) is 0 Å². The normalized spacial score (nSPS) is 16.7. The number of pyridine rings is 2. The first-order valence-electron chi connectivity index (χ1n) is 11.0. The Kier molecular flexibility index (Phi) is 7.20. The molecule has 0 radical (unpaired) electrons. The van der Waals surface area contributed by atoms with E-state index >= 15 is 0 Å². The van der Waals surface area contributed by atoms with Gasteiger partial charge in [-0.2, -0.15) is 13.2 Å². The van der Waals surface area contributed by atoms with Crippen molar-refractivity contribution in [2.45, 2.75) is 25.1 Å². The van der Waals surface area contributed by atoms with Crippen LogP contribution >= 0.6 is 0 Å². The Morgan fingerprint density at radius 1 is 1.25 bits per heavy atom. The number of fused-ring (bicyclic) bond motifs is 1. The third kappa shape index (κ3) is 5.15. The molecular formula is C23H23F5N6O2. The zero-order chi connectivity index (χ0) is 26.0. The van der Waals surface area contributed by atoms with Gasteiger partial charge in [0.15, 0.2) is 11.5 Å². The molecule has 192 valence electrons. The number of rotatable bonds is 7. The highest BCUT2D eigenvalue weighted by molar-refractivity contribution is 6.15. The van der Waals surface area contributed by atoms with E-state index in [4.69, 9.17) is 4.74 Å². The predicted octanol–water partition coefficient (Wildman–Crippen LogP) is 3.70. The summed E-state index contributed by atoms with van der Waals surface area (Å²) in [5.74, 6) is -2.23. The Balaban J connectivity index is 1.77. The number of alkyl halides is 3. The van der Waals surface area contributed by atoms with E-state index in [0.717, 1.165) is 23.4 Å². The highest BCUT2D eigenvalue weighted by atomic mass is 19.4. The van der Waals surface area contributed by atoms with Crippen molar-refractivity contribution in [1.82, 2.24) is 19.3 Å². The zero-order valence-corrected chi connectivity index (χ0v) is 19.4. The van der Waals surface area contributed by atoms with Crippen LogP contribution in [0.15, 0.2) is 35.7 Å². The summed E-state index contributed by atoms with van der Waals surface area (Å²) in [5.41, 5.74) is -0.0173. The van der Waals surface area contributed by atoms with Crippen LogP contribution in [-0.2, 0) is 4.74 Å². The maximum atomic E-state index is 14.2. The van der Waals surface area contributed by atoms with E-state index in [-0.39, 0.29) is 40.0 Å². The third-order valence-corrected chi connectivity index (χ3v) is 5.85. The number of hydrogen-bond acceptors (Lipinski definition) is 6. The minimum Gasteiger partial charge on any atom is -0.383 e. The van der Waals surface area contributed by atoms with Crippen LogP contribution in [0.2, 0.25) is 0 Å². The van der Waals surface area contributed by atoms with E-state index in [2.05, 4.69) is 20.3 Å². The van der Waals surface area contributed by atoms with Gasteiger partial charge in [0.2, 0.25) is 0 Å². The number of aliphatic imine (C=N–C) groups is 1. The number of carbonyl (C=O) groups excluding carboxylic acids is 1. The predicted molar refractivity (Wildman–Crippen MR) is 121 cm³/mol. The molecule has 1 aliphatic rings. The van der Waals surface area contributed by atoms with Crippen LogP contribution < -0.4 is 5.32 Å². The molecule has 0 aliphatic carbocycles. The van der Waals surface area contributed by atoms with Crippen molar-refractivity contribution in [2.75, 3.05) is 39.2 Å². The monoisotopic (exact) mass is 510 g/mol. The fourth-order valence-electron chi connectivity index (χ4n) is 4.28. The van der Waals surface area contributed by atoms with Gasteiger partial charge in [0.25, 0.3) is 5.91 Å². The fourth-order valence-corrected chi connectivity index (χ4v) is 4.28. The summed E-state index contributed by atoms with van der Waals surface area (Å²) in [6, 6.07) is 1.73. The molecule has 4 heterocycles. The number of nitrogens with one attached hydrogen (secondary N) is 1. The van der Waals surface area contributed by atoms with E-state index in [0.29, 0.717) is 19.2 Å². The number of ether oxygens (including phenoxy) is 1. The molecule has 1 aliphatic heterocycles. The van der Waals surface area contributed by atoms with Crippen LogP contribution in [0.4, 0.5) is 27.6 Å². The van der Waals surface area contributed by atoms with Crippen LogP contribution in [0, 0.1) is 11.6 Å². The van der Waals surface area contributed by atoms with Gasteiger partial charge in [0.05, 0.1) is 30.3 Å². The number of nitrogens with zero attached hydrogens (tertiary/aromatic N) is 5.